The van der Waals surface area contributed by atoms with Crippen LogP contribution in [0.25, 0.3) is 17.0 Å². The van der Waals surface area contributed by atoms with Crippen molar-refractivity contribution in [1.82, 2.24) is 14.4 Å². The molecule has 0 amide bonds. The Morgan fingerprint density at radius 3 is 2.66 bits per heavy atom. The zero-order valence-electron chi connectivity index (χ0n) is 15.0. The summed E-state index contributed by atoms with van der Waals surface area (Å²) in [4.78, 5) is 8.13. The molecule has 2 aromatic carbocycles. The lowest BCUT2D eigenvalue weighted by molar-refractivity contribution is 0.417. The van der Waals surface area contributed by atoms with E-state index >= 15 is 0 Å². The number of methoxy groups -OCH3 is 1. The Morgan fingerprint density at radius 1 is 1.10 bits per heavy atom. The molecular formula is C19H14F2N4O3S. The summed E-state index contributed by atoms with van der Waals surface area (Å²) in [6, 6.07) is 8.94. The minimum Gasteiger partial charge on any atom is -0.495 e. The number of hydrogen-bond acceptors (Lipinski definition) is 5. The molecule has 148 valence electrons. The van der Waals surface area contributed by atoms with E-state index in [0.29, 0.717) is 23.1 Å². The number of hydrogen-bond donors (Lipinski definition) is 1. The van der Waals surface area contributed by atoms with Crippen LogP contribution in [0.4, 0.5) is 14.5 Å². The van der Waals surface area contributed by atoms with Gasteiger partial charge >= 0.3 is 0 Å². The van der Waals surface area contributed by atoms with Crippen LogP contribution in [0.2, 0.25) is 0 Å². The highest BCUT2D eigenvalue weighted by molar-refractivity contribution is 7.92. The lowest BCUT2D eigenvalue weighted by atomic mass is 10.1. The molecular weight excluding hydrogens is 402 g/mol. The number of anilines is 1. The maximum Gasteiger partial charge on any atom is 0.262 e. The molecule has 10 heteroatoms. The summed E-state index contributed by atoms with van der Waals surface area (Å²) in [5, 5.41) is 0. The number of benzene rings is 2. The van der Waals surface area contributed by atoms with E-state index in [1.165, 1.54) is 13.2 Å². The highest BCUT2D eigenvalue weighted by atomic mass is 32.2. The van der Waals surface area contributed by atoms with Crippen LogP contribution < -0.4 is 9.46 Å². The summed E-state index contributed by atoms with van der Waals surface area (Å²) < 4.78 is 61.2. The van der Waals surface area contributed by atoms with Gasteiger partial charge in [0.1, 0.15) is 5.75 Å². The van der Waals surface area contributed by atoms with Crippen molar-refractivity contribution in [2.75, 3.05) is 11.8 Å². The van der Waals surface area contributed by atoms with E-state index in [0.717, 1.165) is 12.1 Å². The number of ether oxygens (including phenoxy) is 1. The second kappa shape index (κ2) is 7.13. The van der Waals surface area contributed by atoms with Crippen LogP contribution in [0, 0.1) is 11.6 Å². The van der Waals surface area contributed by atoms with Crippen molar-refractivity contribution < 1.29 is 21.9 Å². The molecule has 2 aromatic heterocycles. The van der Waals surface area contributed by atoms with Crippen molar-refractivity contribution >= 4 is 21.5 Å². The molecule has 4 rings (SSSR count). The van der Waals surface area contributed by atoms with E-state index in [-0.39, 0.29) is 11.4 Å². The summed E-state index contributed by atoms with van der Waals surface area (Å²) in [6.07, 6.45) is 5.15. The summed E-state index contributed by atoms with van der Waals surface area (Å²) in [5.41, 5.74) is 1.30. The molecule has 0 saturated heterocycles. The molecule has 0 aliphatic carbocycles. The first-order chi connectivity index (χ1) is 13.9. The van der Waals surface area contributed by atoms with Gasteiger partial charge < -0.3 is 4.74 Å². The van der Waals surface area contributed by atoms with Crippen LogP contribution in [-0.4, -0.2) is 29.9 Å². The number of fused-ring (bicyclic) bond motifs is 1. The van der Waals surface area contributed by atoms with Gasteiger partial charge in [-0.15, -0.1) is 0 Å². The van der Waals surface area contributed by atoms with Gasteiger partial charge in [0.15, 0.2) is 11.6 Å². The second-order valence-electron chi connectivity index (χ2n) is 6.05. The molecule has 4 aromatic rings. The quantitative estimate of drug-likeness (QED) is 0.538. The molecule has 7 nitrogen and oxygen atoms in total. The number of aromatic nitrogens is 3. The summed E-state index contributed by atoms with van der Waals surface area (Å²) in [5.74, 6) is -1.65. The Bertz CT molecular complexity index is 1290. The van der Waals surface area contributed by atoms with Crippen molar-refractivity contribution in [3.8, 4) is 17.0 Å². The van der Waals surface area contributed by atoms with E-state index in [1.807, 2.05) is 0 Å². The number of halogens is 2. The van der Waals surface area contributed by atoms with E-state index < -0.39 is 26.6 Å². The molecule has 0 atom stereocenters. The molecule has 1 N–H and O–H groups in total. The molecule has 0 aliphatic heterocycles. The van der Waals surface area contributed by atoms with Crippen LogP contribution >= 0.6 is 0 Å². The second-order valence-corrected chi connectivity index (χ2v) is 7.73. The fourth-order valence-electron chi connectivity index (χ4n) is 2.76. The fraction of sp³-hybridized carbons (Fsp3) is 0.0526. The van der Waals surface area contributed by atoms with Crippen LogP contribution in [0.5, 0.6) is 5.75 Å². The minimum atomic E-state index is -4.18. The van der Waals surface area contributed by atoms with Gasteiger partial charge in [-0.3, -0.25) is 9.12 Å². The van der Waals surface area contributed by atoms with Crippen molar-refractivity contribution in [2.24, 2.45) is 0 Å². The summed E-state index contributed by atoms with van der Waals surface area (Å²) in [7, 11) is -2.80. The van der Waals surface area contributed by atoms with Gasteiger partial charge in [-0.05, 0) is 42.5 Å². The SMILES string of the molecule is COc1ccc(-c2cn3cccnc3n2)cc1NS(=O)(=O)c1ccc(F)c(F)c1. The monoisotopic (exact) mass is 416 g/mol. The van der Waals surface area contributed by atoms with Crippen molar-refractivity contribution in [1.29, 1.82) is 0 Å². The number of sulfonamides is 1. The molecule has 0 fully saturated rings. The highest BCUT2D eigenvalue weighted by Crippen LogP contribution is 2.32. The predicted molar refractivity (Wildman–Crippen MR) is 102 cm³/mol. The van der Waals surface area contributed by atoms with Crippen LogP contribution in [0.1, 0.15) is 0 Å². The van der Waals surface area contributed by atoms with Gasteiger partial charge in [-0.2, -0.15) is 0 Å². The topological polar surface area (TPSA) is 85.6 Å². The smallest absolute Gasteiger partial charge is 0.262 e. The third-order valence-corrected chi connectivity index (χ3v) is 5.54. The lowest BCUT2D eigenvalue weighted by Crippen LogP contribution is -2.14. The van der Waals surface area contributed by atoms with E-state index in [1.54, 1.807) is 41.2 Å². The molecule has 0 radical (unpaired) electrons. The highest BCUT2D eigenvalue weighted by Gasteiger charge is 2.19. The third-order valence-electron chi connectivity index (χ3n) is 4.18. The zero-order valence-corrected chi connectivity index (χ0v) is 15.8. The average Bonchev–Trinajstić information content (AvgIpc) is 3.14. The van der Waals surface area contributed by atoms with Gasteiger partial charge in [-0.1, -0.05) is 0 Å². The third kappa shape index (κ3) is 3.61. The Hall–Kier alpha value is -3.53. The normalized spacial score (nSPS) is 11.6. The Morgan fingerprint density at radius 2 is 1.93 bits per heavy atom. The Kier molecular flexibility index (Phi) is 4.63. The largest absolute Gasteiger partial charge is 0.495 e. The standard InChI is InChI=1S/C19H14F2N4O3S/c1-28-18-6-3-12(17-11-25-8-2-7-22-19(25)23-17)9-16(18)24-29(26,27)13-4-5-14(20)15(21)10-13/h2-11,24H,1H3. The van der Waals surface area contributed by atoms with Crippen molar-refractivity contribution in [2.45, 2.75) is 4.90 Å². The first kappa shape index (κ1) is 18.8. The van der Waals surface area contributed by atoms with E-state index in [9.17, 15) is 17.2 Å². The van der Waals surface area contributed by atoms with Crippen molar-refractivity contribution in [3.05, 3.63) is 72.7 Å². The zero-order chi connectivity index (χ0) is 20.6. The van der Waals surface area contributed by atoms with Gasteiger partial charge in [0, 0.05) is 24.2 Å². The first-order valence-electron chi connectivity index (χ1n) is 8.33. The first-order valence-corrected chi connectivity index (χ1v) is 9.82. The predicted octanol–water partition coefficient (Wildman–Crippen LogP) is 3.48. The number of imidazole rings is 1. The van der Waals surface area contributed by atoms with Gasteiger partial charge in [0.05, 0.1) is 23.4 Å². The molecule has 2 heterocycles. The van der Waals surface area contributed by atoms with Gasteiger partial charge in [0.2, 0.25) is 5.78 Å². The summed E-state index contributed by atoms with van der Waals surface area (Å²) >= 11 is 0. The molecule has 0 saturated carbocycles. The average molecular weight is 416 g/mol. The molecule has 29 heavy (non-hydrogen) atoms. The maximum absolute atomic E-state index is 13.5. The molecule has 0 aliphatic rings. The maximum atomic E-state index is 13.5. The van der Waals surface area contributed by atoms with Gasteiger partial charge in [-0.25, -0.2) is 27.2 Å². The summed E-state index contributed by atoms with van der Waals surface area (Å²) in [6.45, 7) is 0. The van der Waals surface area contributed by atoms with Crippen LogP contribution in [0.3, 0.4) is 0 Å². The Labute approximate surface area is 164 Å². The fourth-order valence-corrected chi connectivity index (χ4v) is 3.84. The number of nitrogens with one attached hydrogen (secondary N) is 1. The number of rotatable bonds is 5. The van der Waals surface area contributed by atoms with Crippen molar-refractivity contribution in [3.63, 3.8) is 0 Å². The van der Waals surface area contributed by atoms with Crippen LogP contribution in [0.15, 0.2) is 66.0 Å². The molecule has 0 spiro atoms. The van der Waals surface area contributed by atoms with E-state index in [2.05, 4.69) is 14.7 Å². The number of nitrogens with zero attached hydrogens (tertiary/aromatic N) is 3. The lowest BCUT2D eigenvalue weighted by Gasteiger charge is -2.13. The van der Waals surface area contributed by atoms with Crippen LogP contribution in [-0.2, 0) is 10.0 Å². The van der Waals surface area contributed by atoms with E-state index in [4.69, 9.17) is 4.74 Å². The Balaban J connectivity index is 1.74. The van der Waals surface area contributed by atoms with Gasteiger partial charge in [0.25, 0.3) is 10.0 Å². The minimum absolute atomic E-state index is 0.125. The molecule has 0 bridgehead atoms. The molecule has 0 unspecified atom stereocenters.